The number of aromatic nitrogens is 1. The van der Waals surface area contributed by atoms with Crippen molar-refractivity contribution in [3.63, 3.8) is 0 Å². The van der Waals surface area contributed by atoms with Crippen molar-refractivity contribution < 1.29 is 9.50 Å². The van der Waals surface area contributed by atoms with Crippen molar-refractivity contribution >= 4 is 0 Å². The van der Waals surface area contributed by atoms with Crippen molar-refractivity contribution in [2.75, 3.05) is 6.61 Å². The van der Waals surface area contributed by atoms with Gasteiger partial charge in [-0.05, 0) is 24.5 Å². The van der Waals surface area contributed by atoms with Crippen LogP contribution in [-0.4, -0.2) is 16.7 Å². The molecule has 1 heterocycles. The maximum Gasteiger partial charge on any atom is 0.141 e. The maximum atomic E-state index is 12.7. The Bertz CT molecular complexity index is 296. The van der Waals surface area contributed by atoms with Crippen molar-refractivity contribution in [3.05, 3.63) is 29.8 Å². The van der Waals surface area contributed by atoms with Gasteiger partial charge < -0.3 is 5.11 Å². The topological polar surface area (TPSA) is 33.1 Å². The maximum absolute atomic E-state index is 12.7. The highest BCUT2D eigenvalue weighted by molar-refractivity contribution is 5.28. The number of hydrogen-bond acceptors (Lipinski definition) is 2. The van der Waals surface area contributed by atoms with Gasteiger partial charge in [0.2, 0.25) is 0 Å². The van der Waals surface area contributed by atoms with Crippen molar-refractivity contribution in [1.29, 1.82) is 0 Å². The summed E-state index contributed by atoms with van der Waals surface area (Å²) in [5.74, 6) is -0.327. The van der Waals surface area contributed by atoms with Crippen LogP contribution in [0, 0.1) is 5.82 Å². The lowest BCUT2D eigenvalue weighted by atomic mass is 9.99. The van der Waals surface area contributed by atoms with Crippen molar-refractivity contribution in [2.45, 2.75) is 18.3 Å². The Morgan fingerprint density at radius 3 is 2.75 bits per heavy atom. The molecule has 1 aromatic heterocycles. The van der Waals surface area contributed by atoms with E-state index in [-0.39, 0.29) is 17.8 Å². The van der Waals surface area contributed by atoms with Crippen LogP contribution in [0.5, 0.6) is 0 Å². The lowest BCUT2D eigenvalue weighted by molar-refractivity contribution is 0.254. The van der Waals surface area contributed by atoms with Crippen LogP contribution in [0.4, 0.5) is 4.39 Å². The standard InChI is InChI=1S/C9H10FNO/c10-8-3-7(4-11-5-8)9(6-12)1-2-9/h3-5,12H,1-2,6H2. The van der Waals surface area contributed by atoms with Crippen LogP contribution < -0.4 is 0 Å². The second-order valence-corrected chi connectivity index (χ2v) is 3.33. The summed E-state index contributed by atoms with van der Waals surface area (Å²) in [4.78, 5) is 3.75. The average Bonchev–Trinajstić information content (AvgIpc) is 2.84. The molecule has 2 rings (SSSR count). The average molecular weight is 167 g/mol. The van der Waals surface area contributed by atoms with Crippen LogP contribution in [0.1, 0.15) is 18.4 Å². The predicted octanol–water partition coefficient (Wildman–Crippen LogP) is 1.24. The molecule has 0 aromatic carbocycles. The number of aliphatic hydroxyl groups excluding tert-OH is 1. The Morgan fingerprint density at radius 2 is 2.25 bits per heavy atom. The zero-order valence-corrected chi connectivity index (χ0v) is 6.63. The molecule has 1 aliphatic carbocycles. The van der Waals surface area contributed by atoms with Gasteiger partial charge in [-0.2, -0.15) is 0 Å². The molecule has 12 heavy (non-hydrogen) atoms. The highest BCUT2D eigenvalue weighted by Gasteiger charge is 2.44. The van der Waals surface area contributed by atoms with E-state index < -0.39 is 0 Å². The number of aliphatic hydroxyl groups is 1. The summed E-state index contributed by atoms with van der Waals surface area (Å²) >= 11 is 0. The van der Waals surface area contributed by atoms with Gasteiger partial charge in [-0.25, -0.2) is 4.39 Å². The summed E-state index contributed by atoms with van der Waals surface area (Å²) in [7, 11) is 0. The van der Waals surface area contributed by atoms with Crippen molar-refractivity contribution in [2.24, 2.45) is 0 Å². The Labute approximate surface area is 70.1 Å². The Hall–Kier alpha value is -0.960. The first-order valence-electron chi connectivity index (χ1n) is 3.99. The van der Waals surface area contributed by atoms with Crippen LogP contribution in [0.2, 0.25) is 0 Å². The number of halogens is 1. The monoisotopic (exact) mass is 167 g/mol. The Kier molecular flexibility index (Phi) is 1.61. The summed E-state index contributed by atoms with van der Waals surface area (Å²) in [5.41, 5.74) is 0.653. The molecule has 1 aromatic rings. The van der Waals surface area contributed by atoms with Crippen molar-refractivity contribution in [1.82, 2.24) is 4.98 Å². The number of pyridine rings is 1. The number of nitrogens with zero attached hydrogens (tertiary/aromatic N) is 1. The van der Waals surface area contributed by atoms with Gasteiger partial charge in [-0.15, -0.1) is 0 Å². The SMILES string of the molecule is OCC1(c2cncc(F)c2)CC1. The van der Waals surface area contributed by atoms with E-state index in [1.807, 2.05) is 0 Å². The van der Waals surface area contributed by atoms with E-state index in [9.17, 15) is 4.39 Å². The van der Waals surface area contributed by atoms with Gasteiger partial charge in [0.1, 0.15) is 5.82 Å². The Balaban J connectivity index is 2.34. The van der Waals surface area contributed by atoms with E-state index in [2.05, 4.69) is 4.98 Å². The third kappa shape index (κ3) is 1.10. The van der Waals surface area contributed by atoms with Gasteiger partial charge in [0.25, 0.3) is 0 Å². The van der Waals surface area contributed by atoms with Crippen LogP contribution in [0.3, 0.4) is 0 Å². The molecule has 0 atom stereocenters. The minimum absolute atomic E-state index is 0.0954. The molecule has 2 nitrogen and oxygen atoms in total. The second-order valence-electron chi connectivity index (χ2n) is 3.33. The van der Waals surface area contributed by atoms with E-state index in [0.29, 0.717) is 0 Å². The van der Waals surface area contributed by atoms with Crippen LogP contribution in [0.15, 0.2) is 18.5 Å². The summed E-state index contributed by atoms with van der Waals surface area (Å²) in [6, 6.07) is 1.45. The molecule has 0 spiro atoms. The predicted molar refractivity (Wildman–Crippen MR) is 42.2 cm³/mol. The van der Waals surface area contributed by atoms with E-state index >= 15 is 0 Å². The quantitative estimate of drug-likeness (QED) is 0.719. The second kappa shape index (κ2) is 2.52. The molecular formula is C9H10FNO. The fourth-order valence-corrected chi connectivity index (χ4v) is 1.39. The van der Waals surface area contributed by atoms with Gasteiger partial charge in [-0.1, -0.05) is 0 Å². The molecule has 0 amide bonds. The summed E-state index contributed by atoms with van der Waals surface area (Å²) in [5, 5.41) is 9.05. The molecule has 1 fully saturated rings. The molecule has 0 bridgehead atoms. The molecule has 0 saturated heterocycles. The fraction of sp³-hybridized carbons (Fsp3) is 0.444. The number of rotatable bonds is 2. The van der Waals surface area contributed by atoms with Gasteiger partial charge in [0.15, 0.2) is 0 Å². The summed E-state index contributed by atoms with van der Waals surface area (Å²) in [6.45, 7) is 0.0954. The Morgan fingerprint density at radius 1 is 1.50 bits per heavy atom. The molecule has 3 heteroatoms. The summed E-state index contributed by atoms with van der Waals surface area (Å²) < 4.78 is 12.7. The van der Waals surface area contributed by atoms with Gasteiger partial charge >= 0.3 is 0 Å². The molecule has 1 N–H and O–H groups in total. The zero-order valence-electron chi connectivity index (χ0n) is 6.63. The van der Waals surface area contributed by atoms with Crippen LogP contribution in [-0.2, 0) is 5.41 Å². The van der Waals surface area contributed by atoms with Crippen molar-refractivity contribution in [3.8, 4) is 0 Å². The van der Waals surface area contributed by atoms with E-state index in [0.717, 1.165) is 18.4 Å². The molecule has 64 valence electrons. The molecule has 0 aliphatic heterocycles. The normalized spacial score (nSPS) is 19.2. The van der Waals surface area contributed by atoms with E-state index in [4.69, 9.17) is 5.11 Å². The molecule has 1 saturated carbocycles. The minimum atomic E-state index is -0.327. The molecule has 0 radical (unpaired) electrons. The largest absolute Gasteiger partial charge is 0.395 e. The highest BCUT2D eigenvalue weighted by Crippen LogP contribution is 2.47. The van der Waals surface area contributed by atoms with Crippen LogP contribution in [0.25, 0.3) is 0 Å². The summed E-state index contributed by atoms with van der Waals surface area (Å²) in [6.07, 6.45) is 4.69. The molecule has 0 unspecified atom stereocenters. The lowest BCUT2D eigenvalue weighted by Gasteiger charge is -2.10. The molecular weight excluding hydrogens is 157 g/mol. The third-order valence-electron chi connectivity index (χ3n) is 2.47. The number of hydrogen-bond donors (Lipinski definition) is 1. The smallest absolute Gasteiger partial charge is 0.141 e. The fourth-order valence-electron chi connectivity index (χ4n) is 1.39. The zero-order chi connectivity index (χ0) is 8.60. The minimum Gasteiger partial charge on any atom is -0.395 e. The molecule has 1 aliphatic rings. The third-order valence-corrected chi connectivity index (χ3v) is 2.47. The van der Waals surface area contributed by atoms with Gasteiger partial charge in [0.05, 0.1) is 12.8 Å². The van der Waals surface area contributed by atoms with Gasteiger partial charge in [-0.3, -0.25) is 4.98 Å². The lowest BCUT2D eigenvalue weighted by Crippen LogP contribution is -2.12. The first-order chi connectivity index (χ1) is 5.77. The first kappa shape index (κ1) is 7.68. The van der Waals surface area contributed by atoms with Gasteiger partial charge in [0, 0.05) is 11.6 Å². The van der Waals surface area contributed by atoms with E-state index in [1.165, 1.54) is 12.3 Å². The van der Waals surface area contributed by atoms with E-state index in [1.54, 1.807) is 6.20 Å². The van der Waals surface area contributed by atoms with Crippen LogP contribution >= 0.6 is 0 Å². The highest BCUT2D eigenvalue weighted by atomic mass is 19.1. The first-order valence-corrected chi connectivity index (χ1v) is 3.99.